The minimum absolute atomic E-state index is 0.0509. The Morgan fingerprint density at radius 1 is 1.44 bits per heavy atom. The van der Waals surface area contributed by atoms with Gasteiger partial charge in [0, 0.05) is 0 Å². The zero-order valence-electron chi connectivity index (χ0n) is 6.26. The molecule has 2 heteroatoms. The number of hydrogen-bond donors (Lipinski definition) is 0. The maximum Gasteiger partial charge on any atom is 0.196 e. The van der Waals surface area contributed by atoms with Gasteiger partial charge in [0.05, 0.1) is 12.9 Å². The van der Waals surface area contributed by atoms with Gasteiger partial charge in [0.25, 0.3) is 0 Å². The molecule has 0 fully saturated rings. The lowest BCUT2D eigenvalue weighted by Gasteiger charge is -2.14. The summed E-state index contributed by atoms with van der Waals surface area (Å²) >= 11 is 0. The van der Waals surface area contributed by atoms with E-state index in [2.05, 4.69) is 0 Å². The Kier molecular flexibility index (Phi) is 5.32. The van der Waals surface area contributed by atoms with E-state index in [1.165, 1.54) is 0 Å². The molecular weight excluding hydrogens is 116 g/mol. The first-order valence-corrected chi connectivity index (χ1v) is 3.31. The highest BCUT2D eigenvalue weighted by molar-refractivity contribution is 4.75. The lowest BCUT2D eigenvalue weighted by molar-refractivity contribution is -0.0968. The molecule has 0 aromatic rings. The lowest BCUT2D eigenvalue weighted by Crippen LogP contribution is -2.13. The van der Waals surface area contributed by atoms with Crippen LogP contribution in [0.15, 0.2) is 12.3 Å². The minimum atomic E-state index is -0.0509. The summed E-state index contributed by atoms with van der Waals surface area (Å²) < 4.78 is 9.84. The van der Waals surface area contributed by atoms with E-state index in [0.717, 1.165) is 0 Å². The van der Waals surface area contributed by atoms with Gasteiger partial charge in [0.2, 0.25) is 0 Å². The predicted molar refractivity (Wildman–Crippen MR) is 37.0 cm³/mol. The van der Waals surface area contributed by atoms with E-state index < -0.39 is 0 Å². The van der Waals surface area contributed by atoms with E-state index in [4.69, 9.17) is 9.47 Å². The summed E-state index contributed by atoms with van der Waals surface area (Å²) in [6, 6.07) is 0. The summed E-state index contributed by atoms with van der Waals surface area (Å²) in [7, 11) is 0. The molecule has 0 bridgehead atoms. The predicted octanol–water partition coefficient (Wildman–Crippen LogP) is 1.92. The van der Waals surface area contributed by atoms with Gasteiger partial charge in [0.1, 0.15) is 0 Å². The quantitative estimate of drug-likeness (QED) is 0.498. The molecule has 0 saturated carbocycles. The third-order valence-electron chi connectivity index (χ3n) is 0.794. The van der Waals surface area contributed by atoms with Crippen molar-refractivity contribution in [1.29, 1.82) is 0 Å². The highest BCUT2D eigenvalue weighted by Crippen LogP contribution is 1.98. The average molecular weight is 130 g/mol. The minimum Gasteiger partial charge on any atom is -0.473 e. The van der Waals surface area contributed by atoms with Crippen LogP contribution in [0.1, 0.15) is 20.8 Å². The van der Waals surface area contributed by atoms with Crippen molar-refractivity contribution in [2.75, 3.05) is 6.61 Å². The fourth-order valence-electron chi connectivity index (χ4n) is 0.436. The molecule has 0 aromatic carbocycles. The van der Waals surface area contributed by atoms with Crippen molar-refractivity contribution >= 4 is 0 Å². The van der Waals surface area contributed by atoms with E-state index in [-0.39, 0.29) is 6.29 Å². The Bertz CT molecular complexity index is 79.0. The Morgan fingerprint density at radius 2 is 2.11 bits per heavy atom. The topological polar surface area (TPSA) is 18.5 Å². The molecular formula is C7H14O2. The molecule has 0 amide bonds. The molecule has 2 nitrogen and oxygen atoms in total. The molecule has 0 radical (unpaired) electrons. The summed E-state index contributed by atoms with van der Waals surface area (Å²) in [5.74, 6) is 0. The Balaban J connectivity index is 0.000000291. The number of rotatable bonds is 0. The van der Waals surface area contributed by atoms with Crippen LogP contribution < -0.4 is 0 Å². The first-order valence-electron chi connectivity index (χ1n) is 3.31. The fourth-order valence-corrected chi connectivity index (χ4v) is 0.436. The second kappa shape index (κ2) is 5.63. The van der Waals surface area contributed by atoms with Crippen LogP contribution in [0.4, 0.5) is 0 Å². The van der Waals surface area contributed by atoms with Crippen LogP contribution in [0.25, 0.3) is 0 Å². The van der Waals surface area contributed by atoms with Crippen LogP contribution in [0.2, 0.25) is 0 Å². The third-order valence-corrected chi connectivity index (χ3v) is 0.794. The summed E-state index contributed by atoms with van der Waals surface area (Å²) in [6.45, 7) is 6.55. The van der Waals surface area contributed by atoms with E-state index in [1.54, 1.807) is 6.26 Å². The van der Waals surface area contributed by atoms with Crippen molar-refractivity contribution in [2.24, 2.45) is 0 Å². The van der Waals surface area contributed by atoms with E-state index in [0.29, 0.717) is 6.61 Å². The fraction of sp³-hybridized carbons (Fsp3) is 0.714. The van der Waals surface area contributed by atoms with Gasteiger partial charge in [-0.2, -0.15) is 0 Å². The zero-order valence-corrected chi connectivity index (χ0v) is 6.26. The molecule has 9 heavy (non-hydrogen) atoms. The highest BCUT2D eigenvalue weighted by atomic mass is 16.7. The Labute approximate surface area is 56.5 Å². The molecule has 1 aliphatic rings. The SMILES string of the molecule is CC.CC1OC=CCO1. The van der Waals surface area contributed by atoms with Crippen LogP contribution in [-0.2, 0) is 9.47 Å². The largest absolute Gasteiger partial charge is 0.473 e. The normalized spacial score (nSPS) is 23.7. The first-order chi connectivity index (χ1) is 4.39. The Hall–Kier alpha value is -0.500. The first kappa shape index (κ1) is 8.50. The van der Waals surface area contributed by atoms with Crippen molar-refractivity contribution < 1.29 is 9.47 Å². The Morgan fingerprint density at radius 3 is 2.33 bits per heavy atom. The monoisotopic (exact) mass is 130 g/mol. The molecule has 0 aliphatic carbocycles. The third kappa shape index (κ3) is 4.03. The summed E-state index contributed by atoms with van der Waals surface area (Å²) in [4.78, 5) is 0. The van der Waals surface area contributed by atoms with Crippen LogP contribution in [0, 0.1) is 0 Å². The van der Waals surface area contributed by atoms with Gasteiger partial charge >= 0.3 is 0 Å². The van der Waals surface area contributed by atoms with Crippen LogP contribution >= 0.6 is 0 Å². The highest BCUT2D eigenvalue weighted by Gasteiger charge is 2.00. The molecule has 0 N–H and O–H groups in total. The second-order valence-corrected chi connectivity index (χ2v) is 1.41. The molecule has 54 valence electrons. The summed E-state index contributed by atoms with van der Waals surface area (Å²) in [6.07, 6.45) is 3.44. The van der Waals surface area contributed by atoms with Gasteiger partial charge in [-0.1, -0.05) is 13.8 Å². The molecule has 0 spiro atoms. The maximum atomic E-state index is 4.97. The number of ether oxygens (including phenoxy) is 2. The maximum absolute atomic E-state index is 4.97. The van der Waals surface area contributed by atoms with Gasteiger partial charge in [0.15, 0.2) is 6.29 Å². The molecule has 0 saturated heterocycles. The van der Waals surface area contributed by atoms with Crippen LogP contribution in [-0.4, -0.2) is 12.9 Å². The van der Waals surface area contributed by atoms with Crippen molar-refractivity contribution in [3.8, 4) is 0 Å². The van der Waals surface area contributed by atoms with E-state index in [9.17, 15) is 0 Å². The van der Waals surface area contributed by atoms with Crippen LogP contribution in [0.5, 0.6) is 0 Å². The van der Waals surface area contributed by atoms with Crippen LogP contribution in [0.3, 0.4) is 0 Å². The molecule has 1 heterocycles. The molecule has 1 aliphatic heterocycles. The summed E-state index contributed by atoms with van der Waals surface area (Å²) in [5, 5.41) is 0. The van der Waals surface area contributed by atoms with Gasteiger partial charge in [-0.05, 0) is 13.0 Å². The molecule has 1 atom stereocenters. The lowest BCUT2D eigenvalue weighted by atomic mass is 10.6. The van der Waals surface area contributed by atoms with Crippen molar-refractivity contribution in [2.45, 2.75) is 27.1 Å². The van der Waals surface area contributed by atoms with Gasteiger partial charge in [-0.3, -0.25) is 0 Å². The molecule has 1 unspecified atom stereocenters. The number of hydrogen-bond acceptors (Lipinski definition) is 2. The van der Waals surface area contributed by atoms with Gasteiger partial charge in [-0.25, -0.2) is 0 Å². The zero-order chi connectivity index (χ0) is 7.11. The van der Waals surface area contributed by atoms with E-state index >= 15 is 0 Å². The standard InChI is InChI=1S/C5H8O2.C2H6/c1-5-6-3-2-4-7-5;1-2/h2-3,5H,4H2,1H3;1-2H3. The smallest absolute Gasteiger partial charge is 0.196 e. The van der Waals surface area contributed by atoms with Gasteiger partial charge < -0.3 is 9.47 Å². The second-order valence-electron chi connectivity index (χ2n) is 1.41. The summed E-state index contributed by atoms with van der Waals surface area (Å²) in [5.41, 5.74) is 0. The van der Waals surface area contributed by atoms with Crippen molar-refractivity contribution in [3.63, 3.8) is 0 Å². The van der Waals surface area contributed by atoms with Gasteiger partial charge in [-0.15, -0.1) is 0 Å². The average Bonchev–Trinajstić information content (AvgIpc) is 1.94. The molecule has 1 rings (SSSR count). The molecule has 0 aromatic heterocycles. The van der Waals surface area contributed by atoms with E-state index in [1.807, 2.05) is 26.8 Å². The van der Waals surface area contributed by atoms with Crippen molar-refractivity contribution in [1.82, 2.24) is 0 Å². The van der Waals surface area contributed by atoms with Crippen molar-refractivity contribution in [3.05, 3.63) is 12.3 Å².